The van der Waals surface area contributed by atoms with Gasteiger partial charge < -0.3 is 9.64 Å². The Hall–Kier alpha value is -0.970. The van der Waals surface area contributed by atoms with E-state index in [0.29, 0.717) is 5.41 Å². The van der Waals surface area contributed by atoms with E-state index in [1.165, 1.54) is 51.1 Å². The Bertz CT molecular complexity index is 423. The molecule has 21 heavy (non-hydrogen) atoms. The highest BCUT2D eigenvalue weighted by Crippen LogP contribution is 2.31. The van der Waals surface area contributed by atoms with E-state index in [-0.39, 0.29) is 0 Å². The molecule has 2 aliphatic heterocycles. The molecule has 2 saturated heterocycles. The minimum absolute atomic E-state index is 0.462. The monoisotopic (exact) mass is 289 g/mol. The predicted molar refractivity (Wildman–Crippen MR) is 84.1 cm³/mol. The lowest BCUT2D eigenvalue weighted by atomic mass is 9.82. The summed E-state index contributed by atoms with van der Waals surface area (Å²) in [5.41, 5.74) is 1.78. The first kappa shape index (κ1) is 14.9. The number of nitrogens with zero attached hydrogens (tertiary/aromatic N) is 3. The van der Waals surface area contributed by atoms with Crippen LogP contribution < -0.4 is 0 Å². The van der Waals surface area contributed by atoms with Crippen molar-refractivity contribution in [3.8, 4) is 0 Å². The highest BCUT2D eigenvalue weighted by atomic mass is 16.5. The van der Waals surface area contributed by atoms with Gasteiger partial charge in [-0.1, -0.05) is 13.0 Å². The molecule has 0 amide bonds. The van der Waals surface area contributed by atoms with Gasteiger partial charge in [0.1, 0.15) is 0 Å². The summed E-state index contributed by atoms with van der Waals surface area (Å²) < 4.78 is 5.50. The van der Waals surface area contributed by atoms with E-state index in [0.717, 1.165) is 19.8 Å². The van der Waals surface area contributed by atoms with Gasteiger partial charge in [-0.3, -0.25) is 9.88 Å². The van der Waals surface area contributed by atoms with Crippen LogP contribution in [-0.2, 0) is 11.3 Å². The van der Waals surface area contributed by atoms with Gasteiger partial charge in [0.25, 0.3) is 0 Å². The zero-order valence-electron chi connectivity index (χ0n) is 13.1. The van der Waals surface area contributed by atoms with Crippen molar-refractivity contribution in [2.45, 2.75) is 26.3 Å². The van der Waals surface area contributed by atoms with Crippen molar-refractivity contribution in [3.63, 3.8) is 0 Å². The second-order valence-corrected chi connectivity index (χ2v) is 6.84. The number of hydrogen-bond acceptors (Lipinski definition) is 4. The van der Waals surface area contributed by atoms with Gasteiger partial charge in [-0.25, -0.2) is 0 Å². The standard InChI is InChI=1S/C17H27N3O/c1-17(4-11-21-12-5-17)15-20-9-7-19(8-10-20)14-16-3-2-6-18-13-16/h2-3,6,13H,4-5,7-12,14-15H2,1H3. The van der Waals surface area contributed by atoms with Crippen molar-refractivity contribution in [2.24, 2.45) is 5.41 Å². The summed E-state index contributed by atoms with van der Waals surface area (Å²) in [4.78, 5) is 9.39. The number of ether oxygens (including phenoxy) is 1. The van der Waals surface area contributed by atoms with Gasteiger partial charge in [-0.2, -0.15) is 0 Å². The van der Waals surface area contributed by atoms with Crippen LogP contribution in [0.5, 0.6) is 0 Å². The highest BCUT2D eigenvalue weighted by molar-refractivity contribution is 5.08. The maximum absolute atomic E-state index is 5.50. The second kappa shape index (κ2) is 6.86. The zero-order valence-corrected chi connectivity index (χ0v) is 13.1. The van der Waals surface area contributed by atoms with Crippen LogP contribution in [0.25, 0.3) is 0 Å². The molecule has 1 aromatic rings. The molecule has 116 valence electrons. The highest BCUT2D eigenvalue weighted by Gasteiger charge is 2.30. The number of aromatic nitrogens is 1. The van der Waals surface area contributed by atoms with Crippen LogP contribution in [0.15, 0.2) is 24.5 Å². The Kier molecular flexibility index (Phi) is 4.88. The molecule has 2 aliphatic rings. The van der Waals surface area contributed by atoms with Gasteiger partial charge in [0.05, 0.1) is 0 Å². The van der Waals surface area contributed by atoms with E-state index in [9.17, 15) is 0 Å². The van der Waals surface area contributed by atoms with Crippen molar-refractivity contribution >= 4 is 0 Å². The average Bonchev–Trinajstić information content (AvgIpc) is 2.51. The minimum atomic E-state index is 0.462. The second-order valence-electron chi connectivity index (χ2n) is 6.84. The fourth-order valence-corrected chi connectivity index (χ4v) is 3.42. The molecule has 4 nitrogen and oxygen atoms in total. The number of pyridine rings is 1. The molecule has 0 bridgehead atoms. The SMILES string of the molecule is CC1(CN2CCN(Cc3cccnc3)CC2)CCOCC1. The normalized spacial score (nSPS) is 24.0. The van der Waals surface area contributed by atoms with E-state index in [4.69, 9.17) is 4.74 Å². The smallest absolute Gasteiger partial charge is 0.0471 e. The summed E-state index contributed by atoms with van der Waals surface area (Å²) in [5.74, 6) is 0. The van der Waals surface area contributed by atoms with Gasteiger partial charge in [-0.05, 0) is 29.9 Å². The van der Waals surface area contributed by atoms with Crippen LogP contribution in [0.1, 0.15) is 25.3 Å². The lowest BCUT2D eigenvalue weighted by Gasteiger charge is -2.41. The van der Waals surface area contributed by atoms with E-state index in [2.05, 4.69) is 27.8 Å². The first-order chi connectivity index (χ1) is 10.2. The Labute approximate surface area is 128 Å². The minimum Gasteiger partial charge on any atom is -0.381 e. The lowest BCUT2D eigenvalue weighted by Crippen LogP contribution is -2.49. The number of rotatable bonds is 4. The molecular formula is C17H27N3O. The zero-order chi connectivity index (χ0) is 14.5. The van der Waals surface area contributed by atoms with Crippen LogP contribution in [0, 0.1) is 5.41 Å². The molecule has 1 aromatic heterocycles. The van der Waals surface area contributed by atoms with Crippen LogP contribution in [0.2, 0.25) is 0 Å². The van der Waals surface area contributed by atoms with E-state index in [1.54, 1.807) is 0 Å². The maximum atomic E-state index is 5.50. The summed E-state index contributed by atoms with van der Waals surface area (Å²) in [5, 5.41) is 0. The van der Waals surface area contributed by atoms with Crippen molar-refractivity contribution in [1.82, 2.24) is 14.8 Å². The Morgan fingerprint density at radius 3 is 2.52 bits per heavy atom. The van der Waals surface area contributed by atoms with Gasteiger partial charge >= 0.3 is 0 Å². The van der Waals surface area contributed by atoms with Gasteiger partial charge in [0.15, 0.2) is 0 Å². The van der Waals surface area contributed by atoms with Crippen LogP contribution in [0.4, 0.5) is 0 Å². The van der Waals surface area contributed by atoms with Crippen LogP contribution in [0.3, 0.4) is 0 Å². The van der Waals surface area contributed by atoms with Crippen molar-refractivity contribution in [2.75, 3.05) is 45.9 Å². The van der Waals surface area contributed by atoms with E-state index in [1.807, 2.05) is 18.5 Å². The molecule has 0 aromatic carbocycles. The van der Waals surface area contributed by atoms with Crippen molar-refractivity contribution < 1.29 is 4.74 Å². The lowest BCUT2D eigenvalue weighted by molar-refractivity contribution is -0.00396. The largest absolute Gasteiger partial charge is 0.381 e. The van der Waals surface area contributed by atoms with Crippen molar-refractivity contribution in [1.29, 1.82) is 0 Å². The third kappa shape index (κ3) is 4.25. The van der Waals surface area contributed by atoms with Crippen molar-refractivity contribution in [3.05, 3.63) is 30.1 Å². The summed E-state index contributed by atoms with van der Waals surface area (Å²) in [6, 6.07) is 4.19. The Morgan fingerprint density at radius 2 is 1.86 bits per heavy atom. The molecule has 0 atom stereocenters. The molecule has 0 radical (unpaired) electrons. The first-order valence-corrected chi connectivity index (χ1v) is 8.15. The first-order valence-electron chi connectivity index (χ1n) is 8.15. The summed E-state index contributed by atoms with van der Waals surface area (Å²) >= 11 is 0. The molecule has 4 heteroatoms. The Morgan fingerprint density at radius 1 is 1.14 bits per heavy atom. The number of piperazine rings is 1. The molecule has 0 saturated carbocycles. The predicted octanol–water partition coefficient (Wildman–Crippen LogP) is 2.02. The molecule has 2 fully saturated rings. The van der Waals surface area contributed by atoms with Gasteiger partial charge in [0, 0.05) is 64.9 Å². The molecule has 0 spiro atoms. The molecular weight excluding hydrogens is 262 g/mol. The van der Waals surface area contributed by atoms with Gasteiger partial charge in [-0.15, -0.1) is 0 Å². The molecule has 3 heterocycles. The summed E-state index contributed by atoms with van der Waals surface area (Å²) in [6.45, 7) is 11.3. The number of hydrogen-bond donors (Lipinski definition) is 0. The molecule has 3 rings (SSSR count). The van der Waals surface area contributed by atoms with E-state index < -0.39 is 0 Å². The van der Waals surface area contributed by atoms with E-state index >= 15 is 0 Å². The third-order valence-electron chi connectivity index (χ3n) is 4.90. The topological polar surface area (TPSA) is 28.6 Å². The molecule has 0 aliphatic carbocycles. The molecule has 0 N–H and O–H groups in total. The summed E-state index contributed by atoms with van der Waals surface area (Å²) in [7, 11) is 0. The van der Waals surface area contributed by atoms with Crippen LogP contribution in [-0.4, -0.2) is 60.7 Å². The van der Waals surface area contributed by atoms with Crippen LogP contribution >= 0.6 is 0 Å². The van der Waals surface area contributed by atoms with Gasteiger partial charge in [0.2, 0.25) is 0 Å². The maximum Gasteiger partial charge on any atom is 0.0471 e. The summed E-state index contributed by atoms with van der Waals surface area (Å²) in [6.07, 6.45) is 6.25. The quantitative estimate of drug-likeness (QED) is 0.848. The average molecular weight is 289 g/mol. The third-order valence-corrected chi connectivity index (χ3v) is 4.90. The molecule has 0 unspecified atom stereocenters. The Balaban J connectivity index is 1.44. The fraction of sp³-hybridized carbons (Fsp3) is 0.706. The fourth-order valence-electron chi connectivity index (χ4n) is 3.42.